The molecular weight excluding hydrogens is 280 g/mol. The van der Waals surface area contributed by atoms with Gasteiger partial charge in [-0.15, -0.1) is 0 Å². The highest BCUT2D eigenvalue weighted by atomic mass is 35.5. The van der Waals surface area contributed by atoms with Gasteiger partial charge in [0, 0.05) is 17.5 Å². The molecule has 0 amide bonds. The van der Waals surface area contributed by atoms with E-state index >= 15 is 0 Å². The van der Waals surface area contributed by atoms with E-state index in [1.807, 2.05) is 0 Å². The van der Waals surface area contributed by atoms with Crippen LogP contribution < -0.4 is 5.73 Å². The van der Waals surface area contributed by atoms with Crippen molar-refractivity contribution in [1.82, 2.24) is 4.90 Å². The van der Waals surface area contributed by atoms with E-state index in [0.717, 1.165) is 13.0 Å². The molecule has 0 saturated carbocycles. The first-order chi connectivity index (χ1) is 9.08. The molecule has 1 aliphatic heterocycles. The quantitative estimate of drug-likeness (QED) is 0.870. The van der Waals surface area contributed by atoms with E-state index in [2.05, 4.69) is 11.9 Å². The molecule has 2 atom stereocenters. The van der Waals surface area contributed by atoms with E-state index in [1.165, 1.54) is 19.3 Å². The lowest BCUT2D eigenvalue weighted by atomic mass is 10.0. The molecule has 106 valence electrons. The van der Waals surface area contributed by atoms with Crippen molar-refractivity contribution in [2.75, 3.05) is 25.1 Å². The van der Waals surface area contributed by atoms with Crippen molar-refractivity contribution < 1.29 is 4.21 Å². The molecule has 1 heterocycles. The third kappa shape index (κ3) is 3.94. The normalized spacial score (nSPS) is 22.3. The molecule has 0 aromatic heterocycles. The summed E-state index contributed by atoms with van der Waals surface area (Å²) in [6, 6.07) is 5.73. The third-order valence-corrected chi connectivity index (χ3v) is 5.63. The van der Waals surface area contributed by atoms with Gasteiger partial charge < -0.3 is 10.6 Å². The molecule has 2 N–H and O–H groups in total. The Kier molecular flexibility index (Phi) is 5.25. The maximum absolute atomic E-state index is 12.3. The number of nitrogens with zero attached hydrogens (tertiary/aromatic N) is 1. The summed E-state index contributed by atoms with van der Waals surface area (Å²) in [6.45, 7) is 1.15. The zero-order chi connectivity index (χ0) is 13.8. The van der Waals surface area contributed by atoms with E-state index < -0.39 is 10.8 Å². The van der Waals surface area contributed by atoms with Crippen LogP contribution >= 0.6 is 11.6 Å². The van der Waals surface area contributed by atoms with Crippen molar-refractivity contribution in [3.63, 3.8) is 0 Å². The number of benzene rings is 1. The van der Waals surface area contributed by atoms with E-state index in [-0.39, 0.29) is 0 Å². The van der Waals surface area contributed by atoms with Gasteiger partial charge in [-0.05, 0) is 51.1 Å². The molecule has 1 aromatic carbocycles. The summed E-state index contributed by atoms with van der Waals surface area (Å²) >= 11 is 6.08. The zero-order valence-corrected chi connectivity index (χ0v) is 12.8. The van der Waals surface area contributed by atoms with Gasteiger partial charge >= 0.3 is 0 Å². The second-order valence-electron chi connectivity index (χ2n) is 5.16. The Balaban J connectivity index is 1.95. The van der Waals surface area contributed by atoms with E-state index in [4.69, 9.17) is 17.3 Å². The SMILES string of the molecule is CN1CCCCC1CCS(=O)c1cc(N)ccc1Cl. The fourth-order valence-electron chi connectivity index (χ4n) is 2.56. The van der Waals surface area contributed by atoms with Crippen LogP contribution in [0.2, 0.25) is 5.02 Å². The molecule has 5 heteroatoms. The van der Waals surface area contributed by atoms with E-state index in [0.29, 0.717) is 27.4 Å². The van der Waals surface area contributed by atoms with Crippen LogP contribution in [-0.2, 0) is 10.8 Å². The highest BCUT2D eigenvalue weighted by molar-refractivity contribution is 7.85. The number of piperidine rings is 1. The van der Waals surface area contributed by atoms with Gasteiger partial charge in [-0.3, -0.25) is 4.21 Å². The monoisotopic (exact) mass is 300 g/mol. The van der Waals surface area contributed by atoms with Crippen LogP contribution in [0.1, 0.15) is 25.7 Å². The molecule has 2 unspecified atom stereocenters. The third-order valence-electron chi connectivity index (χ3n) is 3.76. The highest BCUT2D eigenvalue weighted by Gasteiger charge is 2.20. The van der Waals surface area contributed by atoms with Gasteiger partial charge in [0.05, 0.1) is 20.7 Å². The summed E-state index contributed by atoms with van der Waals surface area (Å²) in [4.78, 5) is 3.04. The minimum Gasteiger partial charge on any atom is -0.399 e. The van der Waals surface area contributed by atoms with Gasteiger partial charge in [-0.1, -0.05) is 18.0 Å². The van der Waals surface area contributed by atoms with Crippen LogP contribution in [0.5, 0.6) is 0 Å². The first-order valence-corrected chi connectivity index (χ1v) is 8.41. The molecule has 0 radical (unpaired) electrons. The van der Waals surface area contributed by atoms with Crippen molar-refractivity contribution in [2.24, 2.45) is 0 Å². The minimum absolute atomic E-state index is 0.546. The number of anilines is 1. The van der Waals surface area contributed by atoms with Gasteiger partial charge in [-0.2, -0.15) is 0 Å². The number of nitrogen functional groups attached to an aromatic ring is 1. The molecule has 1 aliphatic rings. The molecule has 2 rings (SSSR count). The minimum atomic E-state index is -1.06. The number of likely N-dealkylation sites (tertiary alicyclic amines) is 1. The van der Waals surface area contributed by atoms with Crippen LogP contribution in [0.4, 0.5) is 5.69 Å². The smallest absolute Gasteiger partial charge is 0.0594 e. The fraction of sp³-hybridized carbons (Fsp3) is 0.571. The first-order valence-electron chi connectivity index (χ1n) is 6.71. The molecule has 1 fully saturated rings. The Labute approximate surface area is 122 Å². The topological polar surface area (TPSA) is 46.3 Å². The highest BCUT2D eigenvalue weighted by Crippen LogP contribution is 2.24. The summed E-state index contributed by atoms with van der Waals surface area (Å²) in [6.07, 6.45) is 4.71. The lowest BCUT2D eigenvalue weighted by Crippen LogP contribution is -2.37. The lowest BCUT2D eigenvalue weighted by molar-refractivity contribution is 0.182. The number of rotatable bonds is 4. The summed E-state index contributed by atoms with van der Waals surface area (Å²) < 4.78 is 12.3. The summed E-state index contributed by atoms with van der Waals surface area (Å²) in [5.41, 5.74) is 6.34. The lowest BCUT2D eigenvalue weighted by Gasteiger charge is -2.32. The molecular formula is C14H21ClN2OS. The second kappa shape index (κ2) is 6.73. The number of hydrogen-bond acceptors (Lipinski definition) is 3. The standard InChI is InChI=1S/C14H21ClN2OS/c1-17-8-3-2-4-12(17)7-9-19(18)14-10-11(16)5-6-13(14)15/h5-6,10,12H,2-4,7-9,16H2,1H3. The maximum Gasteiger partial charge on any atom is 0.0594 e. The van der Waals surface area contributed by atoms with Crippen LogP contribution in [0.3, 0.4) is 0 Å². The largest absolute Gasteiger partial charge is 0.399 e. The van der Waals surface area contributed by atoms with Crippen molar-refractivity contribution in [2.45, 2.75) is 36.6 Å². The van der Waals surface area contributed by atoms with Crippen LogP contribution in [-0.4, -0.2) is 34.5 Å². The predicted octanol–water partition coefficient (Wildman–Crippen LogP) is 2.90. The molecule has 19 heavy (non-hydrogen) atoms. The Bertz CT molecular complexity index is 467. The maximum atomic E-state index is 12.3. The zero-order valence-electron chi connectivity index (χ0n) is 11.3. The average molecular weight is 301 g/mol. The molecule has 1 saturated heterocycles. The van der Waals surface area contributed by atoms with Gasteiger partial charge in [0.25, 0.3) is 0 Å². The number of nitrogens with two attached hydrogens (primary N) is 1. The fourth-order valence-corrected chi connectivity index (χ4v) is 4.19. The molecule has 0 spiro atoms. The molecule has 1 aromatic rings. The number of halogens is 1. The van der Waals surface area contributed by atoms with Gasteiger partial charge in [-0.25, -0.2) is 0 Å². The summed E-state index contributed by atoms with van der Waals surface area (Å²) in [5, 5.41) is 0.546. The Hall–Kier alpha value is -0.580. The van der Waals surface area contributed by atoms with Crippen molar-refractivity contribution >= 4 is 28.1 Å². The predicted molar refractivity (Wildman–Crippen MR) is 82.0 cm³/mol. The van der Waals surface area contributed by atoms with Gasteiger partial charge in [0.15, 0.2) is 0 Å². The molecule has 0 bridgehead atoms. The summed E-state index contributed by atoms with van der Waals surface area (Å²) in [5.74, 6) is 0.651. The second-order valence-corrected chi connectivity index (χ2v) is 7.10. The summed E-state index contributed by atoms with van der Waals surface area (Å²) in [7, 11) is 1.09. The van der Waals surface area contributed by atoms with E-state index in [1.54, 1.807) is 18.2 Å². The Morgan fingerprint density at radius 2 is 2.26 bits per heavy atom. The Morgan fingerprint density at radius 3 is 3.00 bits per heavy atom. The van der Waals surface area contributed by atoms with Crippen molar-refractivity contribution in [3.05, 3.63) is 23.2 Å². The first kappa shape index (κ1) is 14.8. The number of hydrogen-bond donors (Lipinski definition) is 1. The Morgan fingerprint density at radius 1 is 1.47 bits per heavy atom. The van der Waals surface area contributed by atoms with Crippen molar-refractivity contribution in [1.29, 1.82) is 0 Å². The van der Waals surface area contributed by atoms with E-state index in [9.17, 15) is 4.21 Å². The van der Waals surface area contributed by atoms with Gasteiger partial charge in [0.2, 0.25) is 0 Å². The average Bonchev–Trinajstić information content (AvgIpc) is 2.40. The van der Waals surface area contributed by atoms with Crippen LogP contribution in [0.15, 0.2) is 23.1 Å². The molecule has 3 nitrogen and oxygen atoms in total. The van der Waals surface area contributed by atoms with Crippen LogP contribution in [0.25, 0.3) is 0 Å². The van der Waals surface area contributed by atoms with Gasteiger partial charge in [0.1, 0.15) is 0 Å². The van der Waals surface area contributed by atoms with Crippen molar-refractivity contribution in [3.8, 4) is 0 Å². The van der Waals surface area contributed by atoms with Crippen LogP contribution in [0, 0.1) is 0 Å². The molecule has 0 aliphatic carbocycles.